The van der Waals surface area contributed by atoms with E-state index in [1.807, 2.05) is 0 Å². The van der Waals surface area contributed by atoms with Crippen LogP contribution in [0, 0.1) is 24.2 Å². The number of hydrogen-bond donors (Lipinski definition) is 0. The van der Waals surface area contributed by atoms with Crippen molar-refractivity contribution in [2.45, 2.75) is 83.5 Å². The summed E-state index contributed by atoms with van der Waals surface area (Å²) in [6.45, 7) is 5.36. The molecule has 2 saturated carbocycles. The van der Waals surface area contributed by atoms with Crippen LogP contribution in [0.2, 0.25) is 0 Å². The highest BCUT2D eigenvalue weighted by Crippen LogP contribution is 2.61. The molecule has 0 radical (unpaired) electrons. The number of ether oxygens (including phenoxy) is 2. The molecule has 4 aliphatic rings. The molecule has 6 unspecified atom stereocenters. The maximum atomic E-state index is 12.9. The third kappa shape index (κ3) is 2.89. The molecule has 0 amide bonds. The van der Waals surface area contributed by atoms with Crippen LogP contribution >= 0.6 is 0 Å². The van der Waals surface area contributed by atoms with Crippen molar-refractivity contribution in [3.05, 3.63) is 34.9 Å². The van der Waals surface area contributed by atoms with Crippen molar-refractivity contribution < 1.29 is 14.3 Å². The molecule has 3 fully saturated rings. The second-order valence-corrected chi connectivity index (χ2v) is 9.64. The summed E-state index contributed by atoms with van der Waals surface area (Å²) in [5.74, 6) is 2.01. The van der Waals surface area contributed by atoms with E-state index in [0.717, 1.165) is 37.9 Å². The Kier molecular flexibility index (Phi) is 4.44. The smallest absolute Gasteiger partial charge is 0.163 e. The monoisotopic (exact) mass is 368 g/mol. The number of ketones is 1. The number of hydrogen-bond acceptors (Lipinski definition) is 3. The average molecular weight is 369 g/mol. The number of carbonyl (C=O) groups is 1. The Morgan fingerprint density at radius 3 is 2.85 bits per heavy atom. The Morgan fingerprint density at radius 1 is 1.15 bits per heavy atom. The molecular weight excluding hydrogens is 336 g/mol. The van der Waals surface area contributed by atoms with Crippen LogP contribution in [0.25, 0.3) is 0 Å². The van der Waals surface area contributed by atoms with Crippen molar-refractivity contribution in [3.8, 4) is 0 Å². The van der Waals surface area contributed by atoms with Crippen molar-refractivity contribution >= 4 is 5.78 Å². The van der Waals surface area contributed by atoms with E-state index in [4.69, 9.17) is 9.47 Å². The molecule has 27 heavy (non-hydrogen) atoms. The van der Waals surface area contributed by atoms with Crippen molar-refractivity contribution in [3.63, 3.8) is 0 Å². The molecule has 0 N–H and O–H groups in total. The molecule has 3 heteroatoms. The molecule has 3 nitrogen and oxygen atoms in total. The summed E-state index contributed by atoms with van der Waals surface area (Å²) in [6, 6.07) is 6.53. The number of aryl methyl sites for hydroxylation is 1. The first-order valence-electron chi connectivity index (χ1n) is 11.0. The van der Waals surface area contributed by atoms with Gasteiger partial charge < -0.3 is 9.47 Å². The fourth-order valence-electron chi connectivity index (χ4n) is 6.69. The third-order valence-electron chi connectivity index (χ3n) is 8.13. The van der Waals surface area contributed by atoms with E-state index in [9.17, 15) is 4.79 Å². The summed E-state index contributed by atoms with van der Waals surface area (Å²) >= 11 is 0. The zero-order valence-electron chi connectivity index (χ0n) is 16.7. The lowest BCUT2D eigenvalue weighted by molar-refractivity contribution is -0.212. The molecule has 0 spiro atoms. The molecule has 0 bridgehead atoms. The van der Waals surface area contributed by atoms with Crippen LogP contribution in [0.1, 0.15) is 85.7 Å². The first kappa shape index (κ1) is 17.9. The number of rotatable bonds is 2. The van der Waals surface area contributed by atoms with Crippen LogP contribution in [0.5, 0.6) is 0 Å². The van der Waals surface area contributed by atoms with Gasteiger partial charge in [0.2, 0.25) is 0 Å². The van der Waals surface area contributed by atoms with Gasteiger partial charge in [-0.25, -0.2) is 0 Å². The van der Waals surface area contributed by atoms with Gasteiger partial charge in [-0.05, 0) is 86.7 Å². The van der Waals surface area contributed by atoms with Crippen molar-refractivity contribution in [2.24, 2.45) is 17.3 Å². The van der Waals surface area contributed by atoms with Crippen LogP contribution in [0.3, 0.4) is 0 Å². The van der Waals surface area contributed by atoms with Gasteiger partial charge in [0, 0.05) is 18.6 Å². The summed E-state index contributed by atoms with van der Waals surface area (Å²) in [5.41, 5.74) is 3.72. The van der Waals surface area contributed by atoms with Crippen LogP contribution in [0.15, 0.2) is 18.2 Å². The SMILES string of the molecule is Cc1ccc2c(c1)C(=O)CC1C2CCC2(C)C(OC3CCCCO3)CCC12. The van der Waals surface area contributed by atoms with Crippen molar-refractivity contribution in [1.29, 1.82) is 0 Å². The summed E-state index contributed by atoms with van der Waals surface area (Å²) in [4.78, 5) is 12.9. The fraction of sp³-hybridized carbons (Fsp3) is 0.708. The van der Waals surface area contributed by atoms with Crippen molar-refractivity contribution in [2.75, 3.05) is 6.61 Å². The second-order valence-electron chi connectivity index (χ2n) is 9.64. The van der Waals surface area contributed by atoms with E-state index in [1.165, 1.54) is 36.8 Å². The molecule has 3 aliphatic carbocycles. The largest absolute Gasteiger partial charge is 0.353 e. The van der Waals surface area contributed by atoms with Crippen LogP contribution < -0.4 is 0 Å². The lowest BCUT2D eigenvalue weighted by atomic mass is 9.55. The molecule has 146 valence electrons. The summed E-state index contributed by atoms with van der Waals surface area (Å²) in [5, 5.41) is 0. The van der Waals surface area contributed by atoms with Crippen LogP contribution in [0.4, 0.5) is 0 Å². The highest BCUT2D eigenvalue weighted by atomic mass is 16.7. The van der Waals surface area contributed by atoms with Crippen LogP contribution in [-0.2, 0) is 9.47 Å². The maximum Gasteiger partial charge on any atom is 0.163 e. The first-order valence-corrected chi connectivity index (χ1v) is 11.0. The Labute approximate surface area is 162 Å². The van der Waals surface area contributed by atoms with Gasteiger partial charge in [0.05, 0.1) is 6.10 Å². The lowest BCUT2D eigenvalue weighted by Crippen LogP contribution is -2.46. The first-order chi connectivity index (χ1) is 13.1. The zero-order chi connectivity index (χ0) is 18.6. The molecule has 1 aromatic rings. The number of Topliss-reactive ketones (excluding diaryl/α,β-unsaturated/α-hetero) is 1. The molecule has 5 rings (SSSR count). The number of benzene rings is 1. The molecule has 1 saturated heterocycles. The minimum absolute atomic E-state index is 0.00580. The summed E-state index contributed by atoms with van der Waals surface area (Å²) in [6.07, 6.45) is 9.15. The van der Waals surface area contributed by atoms with Gasteiger partial charge >= 0.3 is 0 Å². The predicted molar refractivity (Wildman–Crippen MR) is 105 cm³/mol. The quantitative estimate of drug-likeness (QED) is 0.701. The average Bonchev–Trinajstić information content (AvgIpc) is 3.00. The minimum atomic E-state index is -0.00580. The maximum absolute atomic E-state index is 12.9. The van der Waals surface area contributed by atoms with E-state index in [-0.39, 0.29) is 11.7 Å². The van der Waals surface area contributed by atoms with Gasteiger partial charge in [0.15, 0.2) is 12.1 Å². The lowest BCUT2D eigenvalue weighted by Gasteiger charge is -2.50. The highest BCUT2D eigenvalue weighted by molar-refractivity contribution is 5.99. The molecule has 1 aromatic carbocycles. The van der Waals surface area contributed by atoms with E-state index >= 15 is 0 Å². The van der Waals surface area contributed by atoms with Gasteiger partial charge in [-0.3, -0.25) is 4.79 Å². The number of fused-ring (bicyclic) bond motifs is 5. The topological polar surface area (TPSA) is 35.5 Å². The molecule has 6 atom stereocenters. The number of carbonyl (C=O) groups excluding carboxylic acids is 1. The normalized spacial score (nSPS) is 41.0. The summed E-state index contributed by atoms with van der Waals surface area (Å²) in [7, 11) is 0. The molecular formula is C24H32O3. The molecule has 1 aliphatic heterocycles. The molecule has 1 heterocycles. The van der Waals surface area contributed by atoms with Gasteiger partial charge in [-0.15, -0.1) is 0 Å². The van der Waals surface area contributed by atoms with Crippen molar-refractivity contribution in [1.82, 2.24) is 0 Å². The van der Waals surface area contributed by atoms with Gasteiger partial charge in [-0.1, -0.05) is 24.6 Å². The van der Waals surface area contributed by atoms with E-state index in [1.54, 1.807) is 0 Å². The Bertz CT molecular complexity index is 735. The zero-order valence-corrected chi connectivity index (χ0v) is 16.7. The van der Waals surface area contributed by atoms with Crippen LogP contribution in [-0.4, -0.2) is 24.8 Å². The van der Waals surface area contributed by atoms with Gasteiger partial charge in [-0.2, -0.15) is 0 Å². The van der Waals surface area contributed by atoms with E-state index in [0.29, 0.717) is 29.6 Å². The predicted octanol–water partition coefficient (Wildman–Crippen LogP) is 5.40. The Hall–Kier alpha value is -1.19. The minimum Gasteiger partial charge on any atom is -0.353 e. The van der Waals surface area contributed by atoms with E-state index < -0.39 is 0 Å². The second kappa shape index (κ2) is 6.70. The fourth-order valence-corrected chi connectivity index (χ4v) is 6.69. The van der Waals surface area contributed by atoms with Gasteiger partial charge in [0.25, 0.3) is 0 Å². The Morgan fingerprint density at radius 2 is 2.04 bits per heavy atom. The summed E-state index contributed by atoms with van der Waals surface area (Å²) < 4.78 is 12.4. The molecule has 0 aromatic heterocycles. The Balaban J connectivity index is 1.39. The standard InChI is InChI=1S/C24H32O3/c1-15-6-7-16-17-10-11-24(2)20(18(17)14-21(25)19(16)13-15)8-9-22(24)27-23-5-3-4-12-26-23/h6-7,13,17-18,20,22-23H,3-5,8-12,14H2,1-2H3. The third-order valence-corrected chi connectivity index (χ3v) is 8.13. The van der Waals surface area contributed by atoms with Gasteiger partial charge in [0.1, 0.15) is 0 Å². The van der Waals surface area contributed by atoms with E-state index in [2.05, 4.69) is 32.0 Å². The highest BCUT2D eigenvalue weighted by Gasteiger charge is 2.56.